The number of halogens is 1. The van der Waals surface area contributed by atoms with E-state index in [0.29, 0.717) is 0 Å². The summed E-state index contributed by atoms with van der Waals surface area (Å²) >= 11 is 0. The topological polar surface area (TPSA) is 26.0 Å². The Bertz CT molecular complexity index is 93.9. The van der Waals surface area contributed by atoms with E-state index in [-0.39, 0.29) is 11.5 Å². The van der Waals surface area contributed by atoms with Crippen LogP contribution in [0.3, 0.4) is 0 Å². The molecule has 2 unspecified atom stereocenters. The summed E-state index contributed by atoms with van der Waals surface area (Å²) in [6.45, 7) is 7.70. The highest BCUT2D eigenvalue weighted by atomic mass is 19.1. The van der Waals surface area contributed by atoms with Gasteiger partial charge in [-0.2, -0.15) is 0 Å². The van der Waals surface area contributed by atoms with Gasteiger partial charge in [0.1, 0.15) is 6.17 Å². The van der Waals surface area contributed by atoms with E-state index in [1.165, 1.54) is 6.92 Å². The number of rotatable bonds is 2. The second-order valence-corrected chi connectivity index (χ2v) is 4.11. The first kappa shape index (κ1) is 9.89. The Hall–Kier alpha value is -0.110. The molecule has 0 spiro atoms. The van der Waals surface area contributed by atoms with Gasteiger partial charge in [-0.15, -0.1) is 0 Å². The molecule has 0 aliphatic carbocycles. The van der Waals surface area contributed by atoms with Gasteiger partial charge in [0.25, 0.3) is 0 Å². The van der Waals surface area contributed by atoms with Crippen LogP contribution in [0.25, 0.3) is 0 Å². The molecule has 0 saturated carbocycles. The number of hydrogen-bond donors (Lipinski definition) is 1. The van der Waals surface area contributed by atoms with Crippen molar-refractivity contribution >= 4 is 0 Å². The molecule has 0 heterocycles. The molecule has 62 valence electrons. The van der Waals surface area contributed by atoms with Crippen molar-refractivity contribution in [2.24, 2.45) is 11.1 Å². The molecule has 0 rings (SSSR count). The van der Waals surface area contributed by atoms with Crippen LogP contribution in [-0.2, 0) is 0 Å². The minimum Gasteiger partial charge on any atom is -0.325 e. The molecule has 1 nitrogen and oxygen atoms in total. The summed E-state index contributed by atoms with van der Waals surface area (Å²) < 4.78 is 12.5. The second kappa shape index (κ2) is 3.33. The molecule has 0 radical (unpaired) electrons. The monoisotopic (exact) mass is 147 g/mol. The summed E-state index contributed by atoms with van der Waals surface area (Å²) in [4.78, 5) is 0. The molecule has 0 saturated heterocycles. The fraction of sp³-hybridized carbons (Fsp3) is 1.00. The van der Waals surface area contributed by atoms with Gasteiger partial charge < -0.3 is 5.73 Å². The number of nitrogens with two attached hydrogens (primary N) is 1. The van der Waals surface area contributed by atoms with Gasteiger partial charge in [-0.1, -0.05) is 20.8 Å². The largest absolute Gasteiger partial charge is 0.325 e. The molecule has 0 aliphatic heterocycles. The van der Waals surface area contributed by atoms with Gasteiger partial charge in [0, 0.05) is 6.04 Å². The maximum absolute atomic E-state index is 12.5. The minimum absolute atomic E-state index is 0.139. The number of hydrogen-bond acceptors (Lipinski definition) is 1. The lowest BCUT2D eigenvalue weighted by Crippen LogP contribution is -2.33. The van der Waals surface area contributed by atoms with Crippen molar-refractivity contribution in [3.05, 3.63) is 0 Å². The summed E-state index contributed by atoms with van der Waals surface area (Å²) in [5.74, 6) is 0. The van der Waals surface area contributed by atoms with E-state index in [4.69, 9.17) is 5.73 Å². The highest BCUT2D eigenvalue weighted by molar-refractivity contribution is 4.75. The predicted molar refractivity (Wildman–Crippen MR) is 42.6 cm³/mol. The molecule has 2 atom stereocenters. The Morgan fingerprint density at radius 2 is 1.80 bits per heavy atom. The summed E-state index contributed by atoms with van der Waals surface area (Å²) in [7, 11) is 0. The van der Waals surface area contributed by atoms with Gasteiger partial charge in [0.2, 0.25) is 0 Å². The van der Waals surface area contributed by atoms with Crippen LogP contribution in [0.15, 0.2) is 0 Å². The summed E-state index contributed by atoms with van der Waals surface area (Å²) in [5, 5.41) is 0. The van der Waals surface area contributed by atoms with Crippen molar-refractivity contribution in [1.29, 1.82) is 0 Å². The first-order valence-electron chi connectivity index (χ1n) is 3.72. The Balaban J connectivity index is 3.68. The first-order valence-corrected chi connectivity index (χ1v) is 3.72. The molecule has 2 N–H and O–H groups in total. The summed E-state index contributed by atoms with van der Waals surface area (Å²) in [6.07, 6.45) is -0.149. The predicted octanol–water partition coefficient (Wildman–Crippen LogP) is 2.11. The van der Waals surface area contributed by atoms with Crippen molar-refractivity contribution in [3.8, 4) is 0 Å². The lowest BCUT2D eigenvalue weighted by molar-refractivity contribution is 0.238. The van der Waals surface area contributed by atoms with Crippen LogP contribution >= 0.6 is 0 Å². The zero-order valence-electron chi connectivity index (χ0n) is 7.32. The van der Waals surface area contributed by atoms with E-state index in [1.807, 2.05) is 0 Å². The lowest BCUT2D eigenvalue weighted by Gasteiger charge is -2.23. The maximum atomic E-state index is 12.5. The molecule has 0 aromatic heterocycles. The third-order valence-corrected chi connectivity index (χ3v) is 1.44. The molecule has 0 aliphatic rings. The fourth-order valence-corrected chi connectivity index (χ4v) is 0.870. The van der Waals surface area contributed by atoms with Gasteiger partial charge in [0.15, 0.2) is 0 Å². The van der Waals surface area contributed by atoms with Crippen LogP contribution < -0.4 is 5.73 Å². The molecule has 0 aromatic rings. The summed E-state index contributed by atoms with van der Waals surface area (Å²) in [6, 6.07) is -0.306. The Kier molecular flexibility index (Phi) is 3.29. The van der Waals surface area contributed by atoms with Crippen LogP contribution in [0.4, 0.5) is 4.39 Å². The molecular weight excluding hydrogens is 129 g/mol. The molecule has 0 amide bonds. The van der Waals surface area contributed by atoms with Crippen LogP contribution in [0.2, 0.25) is 0 Å². The van der Waals surface area contributed by atoms with Crippen molar-refractivity contribution in [1.82, 2.24) is 0 Å². The highest BCUT2D eigenvalue weighted by Crippen LogP contribution is 2.21. The van der Waals surface area contributed by atoms with Gasteiger partial charge in [0.05, 0.1) is 0 Å². The van der Waals surface area contributed by atoms with E-state index in [2.05, 4.69) is 20.8 Å². The van der Waals surface area contributed by atoms with Crippen LogP contribution in [-0.4, -0.2) is 12.2 Å². The molecule has 2 heteroatoms. The highest BCUT2D eigenvalue weighted by Gasteiger charge is 2.19. The van der Waals surface area contributed by atoms with Gasteiger partial charge in [-0.25, -0.2) is 4.39 Å². The van der Waals surface area contributed by atoms with Crippen molar-refractivity contribution in [3.63, 3.8) is 0 Å². The first-order chi connectivity index (χ1) is 4.33. The fourth-order valence-electron chi connectivity index (χ4n) is 0.870. The van der Waals surface area contributed by atoms with E-state index < -0.39 is 6.17 Å². The van der Waals surface area contributed by atoms with E-state index >= 15 is 0 Å². The Morgan fingerprint density at radius 3 is 1.90 bits per heavy atom. The third kappa shape index (κ3) is 4.74. The van der Waals surface area contributed by atoms with Crippen LogP contribution in [0.5, 0.6) is 0 Å². The van der Waals surface area contributed by atoms with E-state index in [9.17, 15) is 4.39 Å². The van der Waals surface area contributed by atoms with E-state index in [1.54, 1.807) is 0 Å². The molecule has 0 aromatic carbocycles. The average molecular weight is 147 g/mol. The second-order valence-electron chi connectivity index (χ2n) is 4.11. The normalized spacial score (nSPS) is 18.6. The molecular formula is C8H18FN. The lowest BCUT2D eigenvalue weighted by atomic mass is 9.87. The average Bonchev–Trinajstić information content (AvgIpc) is 1.60. The third-order valence-electron chi connectivity index (χ3n) is 1.44. The smallest absolute Gasteiger partial charge is 0.112 e. The molecule has 0 bridgehead atoms. The van der Waals surface area contributed by atoms with Crippen molar-refractivity contribution in [2.45, 2.75) is 46.3 Å². The minimum atomic E-state index is -0.890. The zero-order chi connectivity index (χ0) is 8.36. The van der Waals surface area contributed by atoms with Crippen LogP contribution in [0.1, 0.15) is 34.1 Å². The van der Waals surface area contributed by atoms with Crippen LogP contribution in [0, 0.1) is 5.41 Å². The number of alkyl halides is 1. The van der Waals surface area contributed by atoms with Gasteiger partial charge in [-0.3, -0.25) is 0 Å². The van der Waals surface area contributed by atoms with Gasteiger partial charge >= 0.3 is 0 Å². The zero-order valence-corrected chi connectivity index (χ0v) is 7.32. The SMILES string of the molecule is CC(F)C(N)CC(C)(C)C. The Morgan fingerprint density at radius 1 is 1.40 bits per heavy atom. The maximum Gasteiger partial charge on any atom is 0.112 e. The van der Waals surface area contributed by atoms with Gasteiger partial charge in [-0.05, 0) is 18.8 Å². The van der Waals surface area contributed by atoms with Crippen molar-refractivity contribution in [2.75, 3.05) is 0 Å². The molecule has 0 fully saturated rings. The van der Waals surface area contributed by atoms with Crippen molar-refractivity contribution < 1.29 is 4.39 Å². The molecule has 10 heavy (non-hydrogen) atoms. The quantitative estimate of drug-likeness (QED) is 0.636. The Labute approximate surface area is 62.8 Å². The summed E-state index contributed by atoms with van der Waals surface area (Å²) in [5.41, 5.74) is 5.67. The standard InChI is InChI=1S/C8H18FN/c1-6(9)7(10)5-8(2,3)4/h6-7H,5,10H2,1-4H3. The van der Waals surface area contributed by atoms with E-state index in [0.717, 1.165) is 6.42 Å².